The lowest BCUT2D eigenvalue weighted by atomic mass is 10.1. The summed E-state index contributed by atoms with van der Waals surface area (Å²) in [6, 6.07) is 20.2. The summed E-state index contributed by atoms with van der Waals surface area (Å²) in [5.74, 6) is 0.858. The number of ether oxygens (including phenoxy) is 1. The number of methoxy groups -OCH3 is 1. The molecule has 31 heavy (non-hydrogen) atoms. The van der Waals surface area contributed by atoms with Crippen molar-refractivity contribution in [1.29, 1.82) is 0 Å². The fourth-order valence-electron chi connectivity index (χ4n) is 3.83. The van der Waals surface area contributed by atoms with Crippen LogP contribution in [0.3, 0.4) is 0 Å². The van der Waals surface area contributed by atoms with Gasteiger partial charge in [0.15, 0.2) is 5.13 Å². The molecule has 158 valence electrons. The highest BCUT2D eigenvalue weighted by molar-refractivity contribution is 7.22. The predicted octanol–water partition coefficient (Wildman–Crippen LogP) is 6.01. The molecule has 0 bridgehead atoms. The van der Waals surface area contributed by atoms with Gasteiger partial charge in [0.25, 0.3) is 0 Å². The second-order valence-corrected chi connectivity index (χ2v) is 8.85. The van der Waals surface area contributed by atoms with E-state index in [4.69, 9.17) is 9.72 Å². The second-order valence-electron chi connectivity index (χ2n) is 7.87. The molecule has 3 aromatic carbocycles. The van der Waals surface area contributed by atoms with Crippen molar-refractivity contribution in [2.24, 2.45) is 0 Å². The van der Waals surface area contributed by atoms with Crippen molar-refractivity contribution in [3.8, 4) is 5.75 Å². The zero-order valence-corrected chi connectivity index (χ0v) is 19.1. The number of nitrogens with zero attached hydrogens (tertiary/aromatic N) is 2. The third kappa shape index (κ3) is 4.62. The highest BCUT2D eigenvalue weighted by Crippen LogP contribution is 2.33. The SMILES string of the molecule is COc1ccc(CC(=O)N(Cc2ccccc2)c2nc3cc(C)cc(C)c3s2)cc1C. The standard InChI is InChI=1S/C26H26N2O2S/c1-17-12-19(3)25-22(13-17)27-26(31-25)28(16-20-8-6-5-7-9-20)24(29)15-21-10-11-23(30-4)18(2)14-21/h5-14H,15-16H2,1-4H3. The third-order valence-corrected chi connectivity index (χ3v) is 6.57. The number of carbonyl (C=O) groups excluding carboxylic acids is 1. The monoisotopic (exact) mass is 430 g/mol. The molecule has 0 N–H and O–H groups in total. The third-order valence-electron chi connectivity index (χ3n) is 5.34. The van der Waals surface area contributed by atoms with E-state index in [1.165, 1.54) is 11.1 Å². The summed E-state index contributed by atoms with van der Waals surface area (Å²) in [6.45, 7) is 6.66. The summed E-state index contributed by atoms with van der Waals surface area (Å²) in [6.07, 6.45) is 0.311. The first-order chi connectivity index (χ1) is 14.9. The molecule has 0 saturated carbocycles. The van der Waals surface area contributed by atoms with Crippen LogP contribution in [-0.4, -0.2) is 18.0 Å². The summed E-state index contributed by atoms with van der Waals surface area (Å²) in [5, 5.41) is 0.739. The molecule has 0 fully saturated rings. The van der Waals surface area contributed by atoms with Crippen molar-refractivity contribution in [3.63, 3.8) is 0 Å². The van der Waals surface area contributed by atoms with E-state index in [1.807, 2.05) is 60.4 Å². The zero-order valence-electron chi connectivity index (χ0n) is 18.3. The molecule has 1 heterocycles. The Labute approximate surface area is 187 Å². The average Bonchev–Trinajstić information content (AvgIpc) is 3.17. The van der Waals surface area contributed by atoms with E-state index in [2.05, 4.69) is 26.0 Å². The number of benzene rings is 3. The maximum atomic E-state index is 13.5. The van der Waals surface area contributed by atoms with Crippen molar-refractivity contribution < 1.29 is 9.53 Å². The lowest BCUT2D eigenvalue weighted by Crippen LogP contribution is -2.31. The molecule has 1 amide bonds. The molecule has 0 aliphatic carbocycles. The van der Waals surface area contributed by atoms with Crippen LogP contribution in [0.2, 0.25) is 0 Å². The average molecular weight is 431 g/mol. The summed E-state index contributed by atoms with van der Waals surface area (Å²) >= 11 is 1.58. The van der Waals surface area contributed by atoms with Gasteiger partial charge in [-0.3, -0.25) is 9.69 Å². The number of aromatic nitrogens is 1. The summed E-state index contributed by atoms with van der Waals surface area (Å²) in [5.41, 5.74) is 6.38. The number of carbonyl (C=O) groups is 1. The Bertz CT molecular complexity index is 1230. The Balaban J connectivity index is 1.69. The van der Waals surface area contributed by atoms with Gasteiger partial charge in [0, 0.05) is 0 Å². The molecular formula is C26H26N2O2S. The molecule has 0 atom stereocenters. The van der Waals surface area contributed by atoms with Crippen molar-refractivity contribution in [1.82, 2.24) is 4.98 Å². The quantitative estimate of drug-likeness (QED) is 0.376. The van der Waals surface area contributed by atoms with Gasteiger partial charge in [-0.1, -0.05) is 59.9 Å². The van der Waals surface area contributed by atoms with Gasteiger partial charge >= 0.3 is 0 Å². The Hall–Kier alpha value is -3.18. The van der Waals surface area contributed by atoms with Crippen LogP contribution in [0.25, 0.3) is 10.2 Å². The minimum atomic E-state index is 0.0295. The van der Waals surface area contributed by atoms with Crippen LogP contribution >= 0.6 is 11.3 Å². The zero-order chi connectivity index (χ0) is 22.0. The first-order valence-electron chi connectivity index (χ1n) is 10.3. The lowest BCUT2D eigenvalue weighted by molar-refractivity contribution is -0.118. The van der Waals surface area contributed by atoms with E-state index in [1.54, 1.807) is 18.4 Å². The topological polar surface area (TPSA) is 42.4 Å². The van der Waals surface area contributed by atoms with Crippen LogP contribution in [0.15, 0.2) is 60.7 Å². The van der Waals surface area contributed by atoms with Crippen molar-refractivity contribution in [2.75, 3.05) is 12.0 Å². The number of anilines is 1. The molecule has 0 aliphatic rings. The van der Waals surface area contributed by atoms with Crippen LogP contribution in [0.5, 0.6) is 5.75 Å². The van der Waals surface area contributed by atoms with E-state index in [0.29, 0.717) is 13.0 Å². The van der Waals surface area contributed by atoms with Gasteiger partial charge in [-0.05, 0) is 60.7 Å². The number of fused-ring (bicyclic) bond motifs is 1. The van der Waals surface area contributed by atoms with Gasteiger partial charge in [-0.2, -0.15) is 0 Å². The van der Waals surface area contributed by atoms with Crippen molar-refractivity contribution in [2.45, 2.75) is 33.7 Å². The number of amides is 1. The summed E-state index contributed by atoms with van der Waals surface area (Å²) in [7, 11) is 1.66. The summed E-state index contributed by atoms with van der Waals surface area (Å²) in [4.78, 5) is 20.1. The van der Waals surface area contributed by atoms with Crippen molar-refractivity contribution in [3.05, 3.63) is 88.5 Å². The van der Waals surface area contributed by atoms with E-state index < -0.39 is 0 Å². The largest absolute Gasteiger partial charge is 0.496 e. The molecule has 4 nitrogen and oxygen atoms in total. The molecule has 5 heteroatoms. The minimum Gasteiger partial charge on any atom is -0.496 e. The lowest BCUT2D eigenvalue weighted by Gasteiger charge is -2.20. The fourth-order valence-corrected chi connectivity index (χ4v) is 4.86. The first-order valence-corrected chi connectivity index (χ1v) is 11.1. The van der Waals surface area contributed by atoms with Crippen LogP contribution in [0, 0.1) is 20.8 Å². The van der Waals surface area contributed by atoms with Gasteiger partial charge in [-0.25, -0.2) is 4.98 Å². The molecule has 1 aromatic heterocycles. The maximum Gasteiger partial charge on any atom is 0.233 e. The molecule has 4 aromatic rings. The van der Waals surface area contributed by atoms with Gasteiger partial charge in [-0.15, -0.1) is 0 Å². The van der Waals surface area contributed by atoms with Crippen LogP contribution < -0.4 is 9.64 Å². The number of aryl methyl sites for hydroxylation is 3. The minimum absolute atomic E-state index is 0.0295. The van der Waals surface area contributed by atoms with E-state index >= 15 is 0 Å². The van der Waals surface area contributed by atoms with E-state index in [-0.39, 0.29) is 5.91 Å². The van der Waals surface area contributed by atoms with Gasteiger partial charge in [0.05, 0.1) is 30.3 Å². The number of rotatable bonds is 6. The Kier molecular flexibility index (Phi) is 6.05. The smallest absolute Gasteiger partial charge is 0.233 e. The normalized spacial score (nSPS) is 11.0. The van der Waals surface area contributed by atoms with E-state index in [0.717, 1.165) is 37.8 Å². The van der Waals surface area contributed by atoms with Crippen LogP contribution in [0.4, 0.5) is 5.13 Å². The second kappa shape index (κ2) is 8.90. The molecule has 4 rings (SSSR count). The number of thiazole rings is 1. The Morgan fingerprint density at radius 2 is 1.74 bits per heavy atom. The Morgan fingerprint density at radius 1 is 0.968 bits per heavy atom. The molecular weight excluding hydrogens is 404 g/mol. The number of hydrogen-bond donors (Lipinski definition) is 0. The highest BCUT2D eigenvalue weighted by Gasteiger charge is 2.21. The molecule has 0 saturated heterocycles. The van der Waals surface area contributed by atoms with Gasteiger partial charge in [0.1, 0.15) is 5.75 Å². The highest BCUT2D eigenvalue weighted by atomic mass is 32.1. The molecule has 0 spiro atoms. The van der Waals surface area contributed by atoms with Gasteiger partial charge < -0.3 is 4.74 Å². The van der Waals surface area contributed by atoms with Crippen LogP contribution in [0.1, 0.15) is 27.8 Å². The molecule has 0 aliphatic heterocycles. The van der Waals surface area contributed by atoms with E-state index in [9.17, 15) is 4.79 Å². The Morgan fingerprint density at radius 3 is 2.45 bits per heavy atom. The molecule has 0 unspecified atom stereocenters. The summed E-state index contributed by atoms with van der Waals surface area (Å²) < 4.78 is 6.48. The van der Waals surface area contributed by atoms with Gasteiger partial charge in [0.2, 0.25) is 5.91 Å². The predicted molar refractivity (Wildman–Crippen MR) is 128 cm³/mol. The first kappa shape index (κ1) is 21.1. The number of hydrogen-bond acceptors (Lipinski definition) is 4. The van der Waals surface area contributed by atoms with Crippen molar-refractivity contribution >= 4 is 32.6 Å². The van der Waals surface area contributed by atoms with Crippen LogP contribution in [-0.2, 0) is 17.8 Å². The maximum absolute atomic E-state index is 13.5. The molecule has 0 radical (unpaired) electrons. The fraction of sp³-hybridized carbons (Fsp3) is 0.231.